The van der Waals surface area contributed by atoms with Gasteiger partial charge in [0.1, 0.15) is 17.0 Å². The minimum Gasteiger partial charge on any atom is -0.386 e. The molecule has 118 valence electrons. The molecule has 0 amide bonds. The lowest BCUT2D eigenvalue weighted by atomic mass is 9.97. The predicted octanol–water partition coefficient (Wildman–Crippen LogP) is 3.27. The zero-order chi connectivity index (χ0) is 16.8. The number of aryl methyl sites for hydroxylation is 1. The maximum atomic E-state index is 14.1. The zero-order valence-corrected chi connectivity index (χ0v) is 13.1. The number of benzene rings is 2. The summed E-state index contributed by atoms with van der Waals surface area (Å²) in [6.45, 7) is 5.00. The third-order valence-corrected chi connectivity index (χ3v) is 3.87. The first-order valence-corrected chi connectivity index (χ1v) is 7.30. The van der Waals surface area contributed by atoms with Gasteiger partial charge in [0.15, 0.2) is 0 Å². The monoisotopic (exact) mass is 312 g/mol. The van der Waals surface area contributed by atoms with Gasteiger partial charge in [0.05, 0.1) is 11.1 Å². The smallest absolute Gasteiger partial charge is 0.262 e. The number of hydrogen-bond acceptors (Lipinski definition) is 3. The Balaban J connectivity index is 2.14. The Morgan fingerprint density at radius 3 is 2.39 bits per heavy atom. The lowest BCUT2D eigenvalue weighted by Crippen LogP contribution is -2.15. The highest BCUT2D eigenvalue weighted by Crippen LogP contribution is 2.24. The molecule has 0 spiro atoms. The fraction of sp³-hybridized carbons (Fsp3) is 0.222. The normalized spacial score (nSPS) is 11.9. The number of H-pyrrole nitrogens is 1. The van der Waals surface area contributed by atoms with Crippen LogP contribution in [0.15, 0.2) is 41.2 Å². The second-order valence-electron chi connectivity index (χ2n) is 6.14. The standard InChI is InChI=1S/C18H17FN2O2/c1-10-4-9-13-14(15(10)19)17(22)21-16(20-13)11-5-7-12(8-6-11)18(2,3)23/h4-9,23H,1-3H3,(H,20,21,22). The molecule has 4 nitrogen and oxygen atoms in total. The lowest BCUT2D eigenvalue weighted by molar-refractivity contribution is 0.0786. The quantitative estimate of drug-likeness (QED) is 0.763. The summed E-state index contributed by atoms with van der Waals surface area (Å²) in [5.41, 5.74) is 0.732. The Kier molecular flexibility index (Phi) is 3.53. The van der Waals surface area contributed by atoms with Crippen LogP contribution in [0.25, 0.3) is 22.3 Å². The molecule has 23 heavy (non-hydrogen) atoms. The van der Waals surface area contributed by atoms with Gasteiger partial charge in [-0.25, -0.2) is 9.37 Å². The highest BCUT2D eigenvalue weighted by atomic mass is 19.1. The van der Waals surface area contributed by atoms with E-state index < -0.39 is 17.0 Å². The van der Waals surface area contributed by atoms with Crippen molar-refractivity contribution in [1.29, 1.82) is 0 Å². The summed E-state index contributed by atoms with van der Waals surface area (Å²) in [5, 5.41) is 9.95. The van der Waals surface area contributed by atoms with Crippen molar-refractivity contribution in [3.8, 4) is 11.4 Å². The molecule has 0 unspecified atom stereocenters. The van der Waals surface area contributed by atoms with E-state index in [0.29, 0.717) is 22.5 Å². The highest BCUT2D eigenvalue weighted by molar-refractivity contribution is 5.80. The number of fused-ring (bicyclic) bond motifs is 1. The van der Waals surface area contributed by atoms with Crippen LogP contribution in [-0.4, -0.2) is 15.1 Å². The molecule has 5 heteroatoms. The molecule has 0 fully saturated rings. The molecule has 0 atom stereocenters. The number of halogens is 1. The molecule has 0 radical (unpaired) electrons. The van der Waals surface area contributed by atoms with E-state index in [1.54, 1.807) is 57.2 Å². The Bertz CT molecular complexity index is 938. The van der Waals surface area contributed by atoms with Gasteiger partial charge in [-0.2, -0.15) is 0 Å². The second kappa shape index (κ2) is 5.28. The number of hydrogen-bond donors (Lipinski definition) is 2. The predicted molar refractivity (Wildman–Crippen MR) is 87.7 cm³/mol. The van der Waals surface area contributed by atoms with E-state index in [9.17, 15) is 14.3 Å². The number of aliphatic hydroxyl groups is 1. The largest absolute Gasteiger partial charge is 0.386 e. The van der Waals surface area contributed by atoms with Gasteiger partial charge in [-0.05, 0) is 38.0 Å². The van der Waals surface area contributed by atoms with Crippen molar-refractivity contribution in [2.75, 3.05) is 0 Å². The first-order chi connectivity index (χ1) is 10.8. The van der Waals surface area contributed by atoms with Gasteiger partial charge in [0.25, 0.3) is 5.56 Å². The zero-order valence-electron chi connectivity index (χ0n) is 13.1. The van der Waals surface area contributed by atoms with Gasteiger partial charge in [0.2, 0.25) is 0 Å². The van der Waals surface area contributed by atoms with Crippen LogP contribution in [0.2, 0.25) is 0 Å². The summed E-state index contributed by atoms with van der Waals surface area (Å²) in [5.74, 6) is -0.173. The van der Waals surface area contributed by atoms with Crippen LogP contribution < -0.4 is 5.56 Å². The Morgan fingerprint density at radius 1 is 1.13 bits per heavy atom. The van der Waals surface area contributed by atoms with Gasteiger partial charge < -0.3 is 10.1 Å². The van der Waals surface area contributed by atoms with E-state index in [1.165, 1.54) is 0 Å². The topological polar surface area (TPSA) is 66.0 Å². The molecule has 0 bridgehead atoms. The van der Waals surface area contributed by atoms with Crippen LogP contribution in [0.5, 0.6) is 0 Å². The van der Waals surface area contributed by atoms with Crippen molar-refractivity contribution >= 4 is 10.9 Å². The number of aromatic nitrogens is 2. The average molecular weight is 312 g/mol. The summed E-state index contributed by atoms with van der Waals surface area (Å²) in [6, 6.07) is 10.3. The fourth-order valence-electron chi connectivity index (χ4n) is 2.47. The number of rotatable bonds is 2. The molecule has 2 aromatic carbocycles. The molecule has 0 saturated heterocycles. The van der Waals surface area contributed by atoms with Crippen molar-refractivity contribution in [3.05, 3.63) is 63.7 Å². The van der Waals surface area contributed by atoms with Crippen LogP contribution in [0.1, 0.15) is 25.0 Å². The third kappa shape index (κ3) is 2.75. The summed E-state index contributed by atoms with van der Waals surface area (Å²) < 4.78 is 14.1. The first-order valence-electron chi connectivity index (χ1n) is 7.30. The van der Waals surface area contributed by atoms with E-state index in [2.05, 4.69) is 9.97 Å². The van der Waals surface area contributed by atoms with Gasteiger partial charge in [-0.1, -0.05) is 30.3 Å². The Labute approximate surface area is 132 Å². The molecular formula is C18H17FN2O2. The maximum Gasteiger partial charge on any atom is 0.262 e. The van der Waals surface area contributed by atoms with Gasteiger partial charge in [0, 0.05) is 5.56 Å². The molecular weight excluding hydrogens is 295 g/mol. The van der Waals surface area contributed by atoms with Gasteiger partial charge in [-0.3, -0.25) is 4.79 Å². The van der Waals surface area contributed by atoms with Gasteiger partial charge >= 0.3 is 0 Å². The van der Waals surface area contributed by atoms with E-state index in [-0.39, 0.29) is 5.39 Å². The van der Waals surface area contributed by atoms with Crippen molar-refractivity contribution in [2.45, 2.75) is 26.4 Å². The number of nitrogens with zero attached hydrogens (tertiary/aromatic N) is 1. The third-order valence-electron chi connectivity index (χ3n) is 3.87. The minimum absolute atomic E-state index is 0.0261. The van der Waals surface area contributed by atoms with Crippen LogP contribution in [0, 0.1) is 12.7 Å². The Morgan fingerprint density at radius 2 is 1.78 bits per heavy atom. The molecule has 3 rings (SSSR count). The van der Waals surface area contributed by atoms with Crippen molar-refractivity contribution in [2.24, 2.45) is 0 Å². The highest BCUT2D eigenvalue weighted by Gasteiger charge is 2.16. The number of nitrogens with one attached hydrogen (secondary N) is 1. The molecule has 2 N–H and O–H groups in total. The summed E-state index contributed by atoms with van der Waals surface area (Å²) in [4.78, 5) is 19.2. The molecule has 0 aliphatic carbocycles. The first kappa shape index (κ1) is 15.4. The van der Waals surface area contributed by atoms with E-state index in [4.69, 9.17) is 0 Å². The van der Waals surface area contributed by atoms with Crippen LogP contribution in [-0.2, 0) is 5.60 Å². The van der Waals surface area contributed by atoms with Crippen molar-refractivity contribution in [3.63, 3.8) is 0 Å². The lowest BCUT2D eigenvalue weighted by Gasteiger charge is -2.17. The molecule has 1 heterocycles. The van der Waals surface area contributed by atoms with Gasteiger partial charge in [-0.15, -0.1) is 0 Å². The van der Waals surface area contributed by atoms with E-state index in [0.717, 1.165) is 5.56 Å². The molecule has 0 aliphatic heterocycles. The SMILES string of the molecule is Cc1ccc2nc(-c3ccc(C(C)(C)O)cc3)[nH]c(=O)c2c1F. The fourth-order valence-corrected chi connectivity index (χ4v) is 2.47. The van der Waals surface area contributed by atoms with Crippen LogP contribution in [0.4, 0.5) is 4.39 Å². The Hall–Kier alpha value is -2.53. The summed E-state index contributed by atoms with van der Waals surface area (Å²) in [6.07, 6.45) is 0. The number of aromatic amines is 1. The van der Waals surface area contributed by atoms with E-state index >= 15 is 0 Å². The summed E-state index contributed by atoms with van der Waals surface area (Å²) >= 11 is 0. The molecule has 3 aromatic rings. The van der Waals surface area contributed by atoms with Crippen molar-refractivity contribution < 1.29 is 9.50 Å². The summed E-state index contributed by atoms with van der Waals surface area (Å²) in [7, 11) is 0. The molecule has 0 saturated carbocycles. The van der Waals surface area contributed by atoms with Crippen LogP contribution >= 0.6 is 0 Å². The van der Waals surface area contributed by atoms with Crippen molar-refractivity contribution in [1.82, 2.24) is 9.97 Å². The molecule has 0 aliphatic rings. The molecule has 1 aromatic heterocycles. The van der Waals surface area contributed by atoms with Crippen LogP contribution in [0.3, 0.4) is 0 Å². The second-order valence-corrected chi connectivity index (χ2v) is 6.14. The average Bonchev–Trinajstić information content (AvgIpc) is 2.50. The maximum absolute atomic E-state index is 14.1. The van der Waals surface area contributed by atoms with E-state index in [1.807, 2.05) is 0 Å². The minimum atomic E-state index is -0.941.